The molecule has 1 fully saturated rings. The topological polar surface area (TPSA) is 100 Å². The maximum atomic E-state index is 15.1. The van der Waals surface area contributed by atoms with Gasteiger partial charge in [0.2, 0.25) is 11.8 Å². The largest absolute Gasteiger partial charge is 0.489 e. The van der Waals surface area contributed by atoms with Crippen LogP contribution in [0.5, 0.6) is 5.75 Å². The molecular formula is C23H29FN4O5. The van der Waals surface area contributed by atoms with Crippen LogP contribution in [-0.2, 0) is 14.3 Å². The third-order valence-corrected chi connectivity index (χ3v) is 6.09. The Balaban J connectivity index is 1.48. The third kappa shape index (κ3) is 4.80. The number of rotatable bonds is 7. The molecule has 1 aromatic rings. The number of hydrogen-bond acceptors (Lipinski definition) is 6. The Morgan fingerprint density at radius 1 is 1.30 bits per heavy atom. The van der Waals surface area contributed by atoms with Crippen molar-refractivity contribution in [2.45, 2.75) is 38.8 Å². The summed E-state index contributed by atoms with van der Waals surface area (Å²) in [7, 11) is 0. The molecule has 2 N–H and O–H groups in total. The van der Waals surface area contributed by atoms with Gasteiger partial charge in [-0.25, -0.2) is 9.18 Å². The fourth-order valence-electron chi connectivity index (χ4n) is 4.34. The van der Waals surface area contributed by atoms with E-state index in [0.717, 1.165) is 18.5 Å². The normalized spacial score (nSPS) is 21.5. The smallest absolute Gasteiger partial charge is 0.415 e. The second-order valence-electron chi connectivity index (χ2n) is 8.40. The molecule has 0 radical (unpaired) electrons. The number of benzene rings is 1. The molecule has 3 aliphatic rings. The van der Waals surface area contributed by atoms with E-state index in [2.05, 4.69) is 10.6 Å². The second kappa shape index (κ2) is 9.78. The molecule has 3 heterocycles. The lowest BCUT2D eigenvalue weighted by molar-refractivity contribution is -0.129. The maximum Gasteiger partial charge on any atom is 0.415 e. The van der Waals surface area contributed by atoms with Crippen LogP contribution in [0, 0.1) is 5.82 Å². The fraction of sp³-hybridized carbons (Fsp3) is 0.522. The highest BCUT2D eigenvalue weighted by Crippen LogP contribution is 2.42. The monoisotopic (exact) mass is 460 g/mol. The molecule has 1 aromatic carbocycles. The zero-order valence-electron chi connectivity index (χ0n) is 18.9. The first-order valence-electron chi connectivity index (χ1n) is 11.3. The van der Waals surface area contributed by atoms with E-state index in [1.165, 1.54) is 17.9 Å². The van der Waals surface area contributed by atoms with Crippen molar-refractivity contribution < 1.29 is 28.2 Å². The first-order valence-corrected chi connectivity index (χ1v) is 11.3. The van der Waals surface area contributed by atoms with Crippen LogP contribution >= 0.6 is 0 Å². The first-order chi connectivity index (χ1) is 15.9. The van der Waals surface area contributed by atoms with Gasteiger partial charge in [-0.15, -0.1) is 0 Å². The molecule has 0 saturated carbocycles. The molecule has 0 spiro atoms. The van der Waals surface area contributed by atoms with Gasteiger partial charge in [-0.2, -0.15) is 0 Å². The van der Waals surface area contributed by atoms with E-state index in [4.69, 9.17) is 9.47 Å². The van der Waals surface area contributed by atoms with Crippen molar-refractivity contribution in [3.63, 3.8) is 0 Å². The van der Waals surface area contributed by atoms with E-state index >= 15 is 4.39 Å². The number of cyclic esters (lactones) is 1. The molecule has 0 unspecified atom stereocenters. The molecule has 9 nitrogen and oxygen atoms in total. The van der Waals surface area contributed by atoms with Crippen molar-refractivity contribution >= 4 is 29.2 Å². The molecule has 0 aliphatic carbocycles. The Labute approximate surface area is 191 Å². The van der Waals surface area contributed by atoms with Crippen molar-refractivity contribution in [2.75, 3.05) is 44.2 Å². The minimum absolute atomic E-state index is 0.0281. The van der Waals surface area contributed by atoms with E-state index in [9.17, 15) is 14.4 Å². The molecule has 33 heavy (non-hydrogen) atoms. The van der Waals surface area contributed by atoms with E-state index < -0.39 is 24.1 Å². The maximum absolute atomic E-state index is 15.1. The average Bonchev–Trinajstić information content (AvgIpc) is 3.13. The van der Waals surface area contributed by atoms with Gasteiger partial charge in [0.1, 0.15) is 30.3 Å². The van der Waals surface area contributed by atoms with Crippen LogP contribution in [0.2, 0.25) is 0 Å². The summed E-state index contributed by atoms with van der Waals surface area (Å²) < 4.78 is 26.4. The number of carbonyl (C=O) groups excluding carboxylic acids is 3. The van der Waals surface area contributed by atoms with Crippen molar-refractivity contribution in [3.05, 3.63) is 29.6 Å². The second-order valence-corrected chi connectivity index (χ2v) is 8.40. The van der Waals surface area contributed by atoms with Gasteiger partial charge in [-0.1, -0.05) is 13.0 Å². The third-order valence-electron chi connectivity index (χ3n) is 6.09. The number of ether oxygens (including phenoxy) is 2. The zero-order chi connectivity index (χ0) is 23.5. The Kier molecular flexibility index (Phi) is 6.83. The molecule has 0 aromatic heterocycles. The van der Waals surface area contributed by atoms with Gasteiger partial charge in [-0.05, 0) is 31.0 Å². The predicted molar refractivity (Wildman–Crippen MR) is 119 cm³/mol. The van der Waals surface area contributed by atoms with Gasteiger partial charge >= 0.3 is 6.09 Å². The van der Waals surface area contributed by atoms with Crippen LogP contribution in [-0.4, -0.2) is 74.3 Å². The molecule has 10 heteroatoms. The minimum atomic E-state index is -0.588. The van der Waals surface area contributed by atoms with Gasteiger partial charge in [0.15, 0.2) is 0 Å². The van der Waals surface area contributed by atoms with Gasteiger partial charge in [0.25, 0.3) is 0 Å². The molecule has 1 saturated heterocycles. The Morgan fingerprint density at radius 2 is 2.12 bits per heavy atom. The highest BCUT2D eigenvalue weighted by Gasteiger charge is 2.47. The van der Waals surface area contributed by atoms with Crippen LogP contribution in [0.15, 0.2) is 18.2 Å². The standard InChI is InChI=1S/C23H29FN4O5/c1-3-6-25-12-22(30)27-7-4-15(5-8-27)16-9-20-18(10-17(16)24)28-19(13-32-20)21(33-23(28)31)11-26-14(2)29/h4,9-10,19,21,25H,3,5-8,11-13H2,1-2H3,(H,26,29)/t19-,21-/m0/s1. The Morgan fingerprint density at radius 3 is 2.82 bits per heavy atom. The van der Waals surface area contributed by atoms with Crippen LogP contribution in [0.25, 0.3) is 5.57 Å². The average molecular weight is 461 g/mol. The van der Waals surface area contributed by atoms with Crippen molar-refractivity contribution in [3.8, 4) is 5.75 Å². The summed E-state index contributed by atoms with van der Waals surface area (Å²) in [6.07, 6.45) is 2.19. The van der Waals surface area contributed by atoms with Gasteiger partial charge in [-0.3, -0.25) is 14.5 Å². The lowest BCUT2D eigenvalue weighted by atomic mass is 9.97. The van der Waals surface area contributed by atoms with Crippen molar-refractivity contribution in [1.82, 2.24) is 15.5 Å². The van der Waals surface area contributed by atoms with E-state index in [1.54, 1.807) is 11.0 Å². The van der Waals surface area contributed by atoms with Gasteiger partial charge in [0, 0.05) is 31.6 Å². The number of halogens is 1. The fourth-order valence-corrected chi connectivity index (χ4v) is 4.34. The first kappa shape index (κ1) is 23.0. The summed E-state index contributed by atoms with van der Waals surface area (Å²) in [6.45, 7) is 5.80. The summed E-state index contributed by atoms with van der Waals surface area (Å²) in [4.78, 5) is 39.1. The molecule has 178 valence electrons. The quantitative estimate of drug-likeness (QED) is 0.601. The minimum Gasteiger partial charge on any atom is -0.489 e. The highest BCUT2D eigenvalue weighted by atomic mass is 19.1. The molecule has 4 rings (SSSR count). The van der Waals surface area contributed by atoms with Gasteiger partial charge in [0.05, 0.1) is 18.8 Å². The Bertz CT molecular complexity index is 982. The number of fused-ring (bicyclic) bond motifs is 3. The summed E-state index contributed by atoms with van der Waals surface area (Å²) in [5, 5.41) is 5.75. The van der Waals surface area contributed by atoms with E-state index in [-0.39, 0.29) is 25.0 Å². The Hall–Kier alpha value is -3.14. The molecule has 0 bridgehead atoms. The highest BCUT2D eigenvalue weighted by molar-refractivity contribution is 5.94. The van der Waals surface area contributed by atoms with E-state index in [0.29, 0.717) is 43.1 Å². The molecular weight excluding hydrogens is 431 g/mol. The van der Waals surface area contributed by atoms with Crippen LogP contribution in [0.1, 0.15) is 32.3 Å². The van der Waals surface area contributed by atoms with Crippen LogP contribution < -0.4 is 20.3 Å². The number of anilines is 1. The summed E-state index contributed by atoms with van der Waals surface area (Å²) in [6, 6.07) is 2.46. The number of carbonyl (C=O) groups is 3. The van der Waals surface area contributed by atoms with Gasteiger partial charge < -0.3 is 25.0 Å². The molecule has 2 atom stereocenters. The predicted octanol–water partition coefficient (Wildman–Crippen LogP) is 1.66. The molecule has 3 amide bonds. The summed E-state index contributed by atoms with van der Waals surface area (Å²) >= 11 is 0. The number of hydrogen-bond donors (Lipinski definition) is 2. The summed E-state index contributed by atoms with van der Waals surface area (Å²) in [5.41, 5.74) is 1.53. The van der Waals surface area contributed by atoms with Crippen molar-refractivity contribution in [2.24, 2.45) is 0 Å². The lowest BCUT2D eigenvalue weighted by Gasteiger charge is -2.32. The van der Waals surface area contributed by atoms with Crippen molar-refractivity contribution in [1.29, 1.82) is 0 Å². The molecule has 3 aliphatic heterocycles. The van der Waals surface area contributed by atoms with E-state index in [1.807, 2.05) is 13.0 Å². The lowest BCUT2D eigenvalue weighted by Crippen LogP contribution is -2.47. The number of nitrogens with one attached hydrogen (secondary N) is 2. The van der Waals surface area contributed by atoms with Crippen LogP contribution in [0.3, 0.4) is 0 Å². The SMILES string of the molecule is CCCNCC(=O)N1CC=C(c2cc3c(cc2F)N2C(=O)O[C@@H](CNC(C)=O)[C@@H]2CO3)CC1. The zero-order valence-corrected chi connectivity index (χ0v) is 18.9. The number of amides is 3. The summed E-state index contributed by atoms with van der Waals surface area (Å²) in [5.74, 6) is -0.259. The van der Waals surface area contributed by atoms with Crippen LogP contribution in [0.4, 0.5) is 14.9 Å². The number of nitrogens with zero attached hydrogens (tertiary/aromatic N) is 2.